The van der Waals surface area contributed by atoms with E-state index in [-0.39, 0.29) is 24.2 Å². The van der Waals surface area contributed by atoms with Crippen molar-refractivity contribution in [1.29, 1.82) is 0 Å². The van der Waals surface area contributed by atoms with Gasteiger partial charge in [-0.3, -0.25) is 9.59 Å². The summed E-state index contributed by atoms with van der Waals surface area (Å²) in [6.45, 7) is 2.38. The van der Waals surface area contributed by atoms with E-state index in [1.807, 2.05) is 0 Å². The molecule has 0 spiro atoms. The van der Waals surface area contributed by atoms with Crippen molar-refractivity contribution in [2.75, 3.05) is 27.2 Å². The molecule has 2 atom stereocenters. The van der Waals surface area contributed by atoms with E-state index in [2.05, 4.69) is 20.6 Å². The fourth-order valence-corrected chi connectivity index (χ4v) is 3.07. The Hall–Kier alpha value is -2.91. The molecular formula is C16H21N5O5. The number of ether oxygens (including phenoxy) is 1. The topological polar surface area (TPSA) is 124 Å². The van der Waals surface area contributed by atoms with E-state index < -0.39 is 5.92 Å². The van der Waals surface area contributed by atoms with Crippen molar-refractivity contribution in [2.45, 2.75) is 25.7 Å². The number of amides is 2. The summed E-state index contributed by atoms with van der Waals surface area (Å²) >= 11 is 0. The Morgan fingerprint density at radius 3 is 2.77 bits per heavy atom. The van der Waals surface area contributed by atoms with Crippen LogP contribution in [0.4, 0.5) is 0 Å². The quantitative estimate of drug-likeness (QED) is 0.777. The van der Waals surface area contributed by atoms with Gasteiger partial charge in [0.15, 0.2) is 5.82 Å². The molecule has 10 nitrogen and oxygen atoms in total. The highest BCUT2D eigenvalue weighted by molar-refractivity contribution is 5.83. The molecule has 0 saturated carbocycles. The molecule has 2 aromatic rings. The average Bonchev–Trinajstić information content (AvgIpc) is 3.37. The maximum atomic E-state index is 12.6. The number of aromatic nitrogens is 3. The van der Waals surface area contributed by atoms with Crippen LogP contribution in [0.2, 0.25) is 0 Å². The number of rotatable bonds is 6. The second-order valence-electron chi connectivity index (χ2n) is 6.14. The number of likely N-dealkylation sites (tertiary alicyclic amines) is 1. The van der Waals surface area contributed by atoms with Gasteiger partial charge >= 0.3 is 0 Å². The van der Waals surface area contributed by atoms with Gasteiger partial charge in [-0.05, 0) is 12.1 Å². The largest absolute Gasteiger partial charge is 0.479 e. The molecule has 3 heterocycles. The van der Waals surface area contributed by atoms with Crippen molar-refractivity contribution in [2.24, 2.45) is 5.92 Å². The third kappa shape index (κ3) is 3.68. The minimum Gasteiger partial charge on any atom is -0.479 e. The molecule has 2 amide bonds. The van der Waals surface area contributed by atoms with E-state index >= 15 is 0 Å². The molecule has 0 unspecified atom stereocenters. The van der Waals surface area contributed by atoms with Gasteiger partial charge in [-0.15, -0.1) is 0 Å². The molecule has 3 rings (SSSR count). The van der Waals surface area contributed by atoms with Crippen molar-refractivity contribution in [3.8, 4) is 5.88 Å². The van der Waals surface area contributed by atoms with Crippen molar-refractivity contribution in [1.82, 2.24) is 25.5 Å². The number of carbonyl (C=O) groups is 2. The van der Waals surface area contributed by atoms with Gasteiger partial charge in [0.25, 0.3) is 5.88 Å². The van der Waals surface area contributed by atoms with E-state index in [1.165, 1.54) is 7.11 Å². The lowest BCUT2D eigenvalue weighted by molar-refractivity contribution is -0.130. The summed E-state index contributed by atoms with van der Waals surface area (Å²) in [5.74, 6) is 0.862. The number of hydrogen-bond acceptors (Lipinski definition) is 8. The molecule has 0 aromatic carbocycles. The van der Waals surface area contributed by atoms with Gasteiger partial charge in [-0.1, -0.05) is 5.16 Å². The number of aryl methyl sites for hydroxylation is 2. The summed E-state index contributed by atoms with van der Waals surface area (Å²) in [4.78, 5) is 30.7. The fourth-order valence-electron chi connectivity index (χ4n) is 3.07. The minimum atomic E-state index is -0.422. The van der Waals surface area contributed by atoms with Crippen LogP contribution in [0.15, 0.2) is 15.1 Å². The summed E-state index contributed by atoms with van der Waals surface area (Å²) in [5.41, 5.74) is 0. The van der Waals surface area contributed by atoms with Crippen LogP contribution in [0, 0.1) is 12.8 Å². The predicted molar refractivity (Wildman–Crippen MR) is 87.3 cm³/mol. The van der Waals surface area contributed by atoms with Crippen molar-refractivity contribution in [3.63, 3.8) is 0 Å². The van der Waals surface area contributed by atoms with E-state index in [0.717, 1.165) is 0 Å². The summed E-state index contributed by atoms with van der Waals surface area (Å²) in [5, 5.41) is 10.1. The molecule has 1 N–H and O–H groups in total. The number of methoxy groups -OCH3 is 1. The monoisotopic (exact) mass is 363 g/mol. The Morgan fingerprint density at radius 2 is 2.15 bits per heavy atom. The van der Waals surface area contributed by atoms with Crippen LogP contribution in [0.1, 0.15) is 29.8 Å². The van der Waals surface area contributed by atoms with Crippen molar-refractivity contribution in [3.05, 3.63) is 23.5 Å². The summed E-state index contributed by atoms with van der Waals surface area (Å²) in [7, 11) is 3.07. The third-order valence-electron chi connectivity index (χ3n) is 4.45. The normalized spacial score (nSPS) is 19.6. The number of nitrogens with zero attached hydrogens (tertiary/aromatic N) is 4. The number of nitrogens with one attached hydrogen (secondary N) is 1. The molecule has 0 bridgehead atoms. The smallest absolute Gasteiger partial charge is 0.254 e. The molecule has 10 heteroatoms. The van der Waals surface area contributed by atoms with Crippen molar-refractivity contribution >= 4 is 11.8 Å². The zero-order chi connectivity index (χ0) is 18.7. The van der Waals surface area contributed by atoms with Gasteiger partial charge in [-0.25, -0.2) is 0 Å². The Kier molecular flexibility index (Phi) is 5.19. The van der Waals surface area contributed by atoms with Gasteiger partial charge in [-0.2, -0.15) is 4.98 Å². The van der Waals surface area contributed by atoms with Gasteiger partial charge in [0.2, 0.25) is 17.7 Å². The SMILES string of the molecule is CNC(=O)[C@@H]1CN(C(=O)CCc2cc(OC)no2)C[C@H]1c1nc(C)no1. The Morgan fingerprint density at radius 1 is 1.35 bits per heavy atom. The van der Waals surface area contributed by atoms with Crippen LogP contribution in [0.3, 0.4) is 0 Å². The van der Waals surface area contributed by atoms with Gasteiger partial charge in [0.05, 0.1) is 18.9 Å². The van der Waals surface area contributed by atoms with Gasteiger partial charge in [0.1, 0.15) is 5.76 Å². The van der Waals surface area contributed by atoms with Crippen LogP contribution in [0.25, 0.3) is 0 Å². The molecule has 26 heavy (non-hydrogen) atoms. The first-order chi connectivity index (χ1) is 12.5. The fraction of sp³-hybridized carbons (Fsp3) is 0.562. The first kappa shape index (κ1) is 17.9. The third-order valence-corrected chi connectivity index (χ3v) is 4.45. The Bertz CT molecular complexity index is 786. The van der Waals surface area contributed by atoms with Gasteiger partial charge in [0, 0.05) is 39.0 Å². The number of carbonyl (C=O) groups excluding carboxylic acids is 2. The molecule has 1 saturated heterocycles. The molecule has 1 aliphatic heterocycles. The first-order valence-electron chi connectivity index (χ1n) is 8.31. The lowest BCUT2D eigenvalue weighted by Gasteiger charge is -2.15. The maximum absolute atomic E-state index is 12.6. The molecule has 140 valence electrons. The molecule has 0 radical (unpaired) electrons. The zero-order valence-electron chi connectivity index (χ0n) is 14.9. The molecule has 1 fully saturated rings. The van der Waals surface area contributed by atoms with E-state index in [0.29, 0.717) is 42.9 Å². The second kappa shape index (κ2) is 7.54. The highest BCUT2D eigenvalue weighted by atomic mass is 16.5. The van der Waals surface area contributed by atoms with Crippen LogP contribution in [0.5, 0.6) is 5.88 Å². The highest BCUT2D eigenvalue weighted by Gasteiger charge is 2.42. The van der Waals surface area contributed by atoms with E-state index in [9.17, 15) is 9.59 Å². The molecule has 1 aliphatic rings. The second-order valence-corrected chi connectivity index (χ2v) is 6.14. The van der Waals surface area contributed by atoms with E-state index in [4.69, 9.17) is 13.8 Å². The summed E-state index contributed by atoms with van der Waals surface area (Å²) in [6, 6.07) is 1.65. The minimum absolute atomic E-state index is 0.0759. The lowest BCUT2D eigenvalue weighted by Crippen LogP contribution is -2.33. The zero-order valence-corrected chi connectivity index (χ0v) is 14.9. The van der Waals surface area contributed by atoms with Gasteiger partial charge < -0.3 is 24.0 Å². The highest BCUT2D eigenvalue weighted by Crippen LogP contribution is 2.32. The number of hydrogen-bond donors (Lipinski definition) is 1. The average molecular weight is 363 g/mol. The maximum Gasteiger partial charge on any atom is 0.254 e. The Balaban J connectivity index is 1.65. The molecule has 2 aromatic heterocycles. The van der Waals surface area contributed by atoms with Crippen LogP contribution < -0.4 is 10.1 Å². The van der Waals surface area contributed by atoms with Crippen LogP contribution in [-0.2, 0) is 16.0 Å². The van der Waals surface area contributed by atoms with Crippen LogP contribution >= 0.6 is 0 Å². The summed E-state index contributed by atoms with van der Waals surface area (Å²) in [6.07, 6.45) is 0.648. The standard InChI is InChI=1S/C16H21N5O5/c1-9-18-16(26-19-9)12-8-21(7-11(12)15(23)17-2)14(22)5-4-10-6-13(24-3)20-25-10/h6,11-12H,4-5,7-8H2,1-3H3,(H,17,23)/t11-,12-/m1/s1. The van der Waals surface area contributed by atoms with Crippen molar-refractivity contribution < 1.29 is 23.4 Å². The predicted octanol–water partition coefficient (Wildman–Crippen LogP) is 0.295. The Labute approximate surface area is 149 Å². The van der Waals surface area contributed by atoms with Crippen LogP contribution in [-0.4, -0.2) is 59.3 Å². The van der Waals surface area contributed by atoms with E-state index in [1.54, 1.807) is 24.9 Å². The lowest BCUT2D eigenvalue weighted by atomic mass is 9.95. The molecular weight excluding hydrogens is 342 g/mol. The molecule has 0 aliphatic carbocycles. The summed E-state index contributed by atoms with van der Waals surface area (Å²) < 4.78 is 15.3. The first-order valence-corrected chi connectivity index (χ1v) is 8.31.